The average molecular weight is 485 g/mol. The van der Waals surface area contributed by atoms with Crippen molar-refractivity contribution in [3.05, 3.63) is 106 Å². The molecule has 2 N–H and O–H groups in total. The van der Waals surface area contributed by atoms with E-state index < -0.39 is 8.24 Å². The molecule has 0 fully saturated rings. The van der Waals surface area contributed by atoms with Crippen LogP contribution in [0.1, 0.15) is 5.56 Å². The highest BCUT2D eigenvalue weighted by Gasteiger charge is 2.38. The SMILES string of the molecule is Cc1cccc(-c2cc(=O)n(C)c3ccc([Si@](N)(c4ccc(Cl)cc4)c4cncn4C)cc23)c1. The summed E-state index contributed by atoms with van der Waals surface area (Å²) >= 11 is 6.20. The van der Waals surface area contributed by atoms with E-state index in [9.17, 15) is 4.79 Å². The van der Waals surface area contributed by atoms with E-state index in [0.717, 1.165) is 43.3 Å². The maximum Gasteiger partial charge on any atom is 0.251 e. The van der Waals surface area contributed by atoms with Gasteiger partial charge in [-0.2, -0.15) is 0 Å². The number of aromatic nitrogens is 3. The second kappa shape index (κ2) is 8.40. The molecule has 0 spiro atoms. The molecule has 7 heteroatoms. The highest BCUT2D eigenvalue weighted by molar-refractivity contribution is 7.09. The number of fused-ring (bicyclic) bond motifs is 1. The first-order valence-corrected chi connectivity index (χ1v) is 13.5. The molecular weight excluding hydrogens is 460 g/mol. The summed E-state index contributed by atoms with van der Waals surface area (Å²) in [6.45, 7) is 2.05. The van der Waals surface area contributed by atoms with Gasteiger partial charge >= 0.3 is 0 Å². The lowest BCUT2D eigenvalue weighted by Gasteiger charge is -2.29. The summed E-state index contributed by atoms with van der Waals surface area (Å²) in [6.07, 6.45) is 3.63. The van der Waals surface area contributed by atoms with Crippen LogP contribution in [0.2, 0.25) is 5.02 Å². The molecule has 0 aliphatic rings. The van der Waals surface area contributed by atoms with E-state index in [4.69, 9.17) is 17.0 Å². The smallest absolute Gasteiger partial charge is 0.251 e. The van der Waals surface area contributed by atoms with Crippen LogP contribution < -0.4 is 26.6 Å². The van der Waals surface area contributed by atoms with Crippen molar-refractivity contribution in [2.75, 3.05) is 0 Å². The van der Waals surface area contributed by atoms with Crippen molar-refractivity contribution in [2.45, 2.75) is 6.92 Å². The zero-order valence-electron chi connectivity index (χ0n) is 19.3. The second-order valence-electron chi connectivity index (χ2n) is 8.76. The average Bonchev–Trinajstić information content (AvgIpc) is 3.27. The van der Waals surface area contributed by atoms with E-state index in [1.807, 2.05) is 60.3 Å². The van der Waals surface area contributed by atoms with E-state index >= 15 is 0 Å². The lowest BCUT2D eigenvalue weighted by molar-refractivity contribution is 0.907. The Hall–Kier alpha value is -3.45. The molecule has 0 bridgehead atoms. The normalized spacial score (nSPS) is 13.2. The molecule has 2 heterocycles. The third kappa shape index (κ3) is 3.60. The fourth-order valence-electron chi connectivity index (χ4n) is 4.67. The van der Waals surface area contributed by atoms with Crippen LogP contribution in [0.3, 0.4) is 0 Å². The minimum absolute atomic E-state index is 0.0441. The topological polar surface area (TPSA) is 65.8 Å². The fraction of sp³-hybridized carbons (Fsp3) is 0.111. The summed E-state index contributed by atoms with van der Waals surface area (Å²) < 4.78 is 3.68. The van der Waals surface area contributed by atoms with Gasteiger partial charge < -0.3 is 14.5 Å². The van der Waals surface area contributed by atoms with Gasteiger partial charge in [0.05, 0.1) is 11.8 Å². The molecule has 3 aromatic carbocycles. The maximum absolute atomic E-state index is 12.8. The third-order valence-corrected chi connectivity index (χ3v) is 10.6. The number of halogens is 1. The van der Waals surface area contributed by atoms with Gasteiger partial charge in [0.15, 0.2) is 0 Å². The molecule has 0 saturated carbocycles. The van der Waals surface area contributed by atoms with Crippen LogP contribution in [0.25, 0.3) is 22.0 Å². The first-order valence-electron chi connectivity index (χ1n) is 11.0. The summed E-state index contributed by atoms with van der Waals surface area (Å²) in [4.78, 5) is 17.2. The van der Waals surface area contributed by atoms with Crippen molar-refractivity contribution in [3.8, 4) is 11.1 Å². The molecule has 5 rings (SSSR count). The zero-order chi connectivity index (χ0) is 24.0. The van der Waals surface area contributed by atoms with E-state index in [2.05, 4.69) is 36.2 Å². The Morgan fingerprint density at radius 2 is 1.68 bits per heavy atom. The number of rotatable bonds is 4. The number of nitrogens with two attached hydrogens (primary N) is 1. The first-order chi connectivity index (χ1) is 16.3. The molecule has 5 nitrogen and oxygen atoms in total. The Labute approximate surface area is 204 Å². The number of hydrogen-bond acceptors (Lipinski definition) is 3. The van der Waals surface area contributed by atoms with Crippen molar-refractivity contribution in [1.29, 1.82) is 0 Å². The van der Waals surface area contributed by atoms with Crippen LogP contribution in [-0.2, 0) is 14.1 Å². The molecule has 34 heavy (non-hydrogen) atoms. The van der Waals surface area contributed by atoms with Gasteiger partial charge in [0, 0.05) is 42.1 Å². The van der Waals surface area contributed by atoms with Gasteiger partial charge in [-0.1, -0.05) is 65.7 Å². The molecule has 0 saturated heterocycles. The molecule has 5 aromatic rings. The summed E-state index contributed by atoms with van der Waals surface area (Å²) in [5.41, 5.74) is 3.88. The summed E-state index contributed by atoms with van der Waals surface area (Å²) in [7, 11) is 0.850. The Balaban J connectivity index is 1.84. The number of nitrogens with zero attached hydrogens (tertiary/aromatic N) is 3. The van der Waals surface area contributed by atoms with Crippen molar-refractivity contribution in [2.24, 2.45) is 19.5 Å². The van der Waals surface area contributed by atoms with Crippen LogP contribution in [-0.4, -0.2) is 22.4 Å². The molecule has 0 aliphatic carbocycles. The van der Waals surface area contributed by atoms with Crippen molar-refractivity contribution >= 4 is 46.4 Å². The van der Waals surface area contributed by atoms with Crippen LogP contribution in [0.5, 0.6) is 0 Å². The predicted molar refractivity (Wildman–Crippen MR) is 143 cm³/mol. The van der Waals surface area contributed by atoms with Crippen LogP contribution in [0, 0.1) is 6.92 Å². The lowest BCUT2D eigenvalue weighted by Crippen LogP contribution is -2.75. The highest BCUT2D eigenvalue weighted by atomic mass is 35.5. The van der Waals surface area contributed by atoms with Crippen LogP contribution >= 0.6 is 11.6 Å². The van der Waals surface area contributed by atoms with E-state index in [1.165, 1.54) is 0 Å². The molecule has 170 valence electrons. The van der Waals surface area contributed by atoms with Gasteiger partial charge in [-0.3, -0.25) is 4.79 Å². The van der Waals surface area contributed by atoms with Crippen LogP contribution in [0.15, 0.2) is 90.1 Å². The molecule has 2 aromatic heterocycles. The number of hydrogen-bond donors (Lipinski definition) is 1. The summed E-state index contributed by atoms with van der Waals surface area (Å²) in [5.74, 6) is 0. The number of pyridine rings is 1. The Kier molecular flexibility index (Phi) is 5.52. The zero-order valence-corrected chi connectivity index (χ0v) is 21.0. The largest absolute Gasteiger partial charge is 0.339 e. The Bertz CT molecular complexity index is 1590. The van der Waals surface area contributed by atoms with Gasteiger partial charge in [0.25, 0.3) is 5.56 Å². The molecule has 1 atom stereocenters. The Morgan fingerprint density at radius 1 is 0.941 bits per heavy atom. The van der Waals surface area contributed by atoms with Gasteiger partial charge in [-0.15, -0.1) is 0 Å². The summed E-state index contributed by atoms with van der Waals surface area (Å²) in [5, 5.41) is 12.1. The number of imidazole rings is 1. The summed E-state index contributed by atoms with van der Waals surface area (Å²) in [6, 6.07) is 23.9. The lowest BCUT2D eigenvalue weighted by atomic mass is 9.99. The molecule has 0 unspecified atom stereocenters. The van der Waals surface area contributed by atoms with Gasteiger partial charge in [0.1, 0.15) is 0 Å². The third-order valence-electron chi connectivity index (χ3n) is 6.55. The highest BCUT2D eigenvalue weighted by Crippen LogP contribution is 2.27. The monoisotopic (exact) mass is 484 g/mol. The van der Waals surface area contributed by atoms with Crippen molar-refractivity contribution in [1.82, 2.24) is 14.1 Å². The van der Waals surface area contributed by atoms with Crippen LogP contribution in [0.4, 0.5) is 0 Å². The van der Waals surface area contributed by atoms with Gasteiger partial charge in [-0.05, 0) is 46.6 Å². The minimum atomic E-state index is -2.92. The Morgan fingerprint density at radius 3 is 2.35 bits per heavy atom. The van der Waals surface area contributed by atoms with E-state index in [1.54, 1.807) is 24.0 Å². The van der Waals surface area contributed by atoms with Crippen molar-refractivity contribution in [3.63, 3.8) is 0 Å². The van der Waals surface area contributed by atoms with Gasteiger partial charge in [-0.25, -0.2) is 4.98 Å². The molecule has 0 amide bonds. The van der Waals surface area contributed by atoms with Crippen molar-refractivity contribution < 1.29 is 0 Å². The predicted octanol–water partition coefficient (Wildman–Crippen LogP) is 2.83. The first kappa shape index (κ1) is 22.3. The standard InChI is InChI=1S/C27H25ClN4OSi/c1-18-5-4-6-19(13-18)23-15-26(33)32(3)25-12-11-22(14-24(23)25)34(29,27-16-30-17-31(27)2)21-9-7-20(28)8-10-21/h4-17H,29H2,1-3H3/t34-/m1/s1. The number of benzene rings is 3. The maximum atomic E-state index is 12.8. The van der Waals surface area contributed by atoms with E-state index in [-0.39, 0.29) is 5.56 Å². The molecular formula is C27H25ClN4OSi. The fourth-order valence-corrected chi connectivity index (χ4v) is 8.02. The molecule has 0 aliphatic heterocycles. The van der Waals surface area contributed by atoms with E-state index in [0.29, 0.717) is 5.02 Å². The molecule has 0 radical (unpaired) electrons. The second-order valence-corrected chi connectivity index (χ2v) is 12.5. The quantitative estimate of drug-likeness (QED) is 0.399. The minimum Gasteiger partial charge on any atom is -0.339 e. The van der Waals surface area contributed by atoms with Gasteiger partial charge in [0.2, 0.25) is 8.24 Å². The number of aryl methyl sites for hydroxylation is 3.